The van der Waals surface area contributed by atoms with E-state index in [0.717, 1.165) is 25.7 Å². The summed E-state index contributed by atoms with van der Waals surface area (Å²) in [5, 5.41) is 63.7. The first-order valence-corrected chi connectivity index (χ1v) is 25.6. The number of carbonyl (C=O) groups is 5. The maximum Gasteiger partial charge on any atom is 0.407 e. The number of unbranched alkanes of at least 4 members (excludes halogenated alkanes) is 3. The molecule has 8 rings (SSSR count). The van der Waals surface area contributed by atoms with E-state index in [1.165, 1.54) is 28.8 Å². The minimum atomic E-state index is -2.07. The molecule has 412 valence electrons. The van der Waals surface area contributed by atoms with Crippen molar-refractivity contribution >= 4 is 40.7 Å². The number of amides is 4. The molecule has 0 radical (unpaired) electrons. The van der Waals surface area contributed by atoms with Gasteiger partial charge in [0, 0.05) is 42.1 Å². The topological polar surface area (TPSA) is 316 Å². The number of aryl methyl sites for hydroxylation is 1. The maximum absolute atomic E-state index is 15.4. The van der Waals surface area contributed by atoms with Crippen molar-refractivity contribution < 1.29 is 77.6 Å². The Kier molecular flexibility index (Phi) is 17.6. The molecule has 2 aromatic carbocycles. The summed E-state index contributed by atoms with van der Waals surface area (Å²) in [5.41, 5.74) is 0.999. The zero-order valence-corrected chi connectivity index (χ0v) is 42.8. The van der Waals surface area contributed by atoms with E-state index in [0.29, 0.717) is 58.3 Å². The molecule has 23 heteroatoms. The third-order valence-electron chi connectivity index (χ3n) is 14.5. The molecule has 4 amide bonds. The van der Waals surface area contributed by atoms with Crippen LogP contribution in [0.25, 0.3) is 22.3 Å². The molecule has 1 unspecified atom stereocenters. The number of hydrogen-bond donors (Lipinski definition) is 9. The smallest absolute Gasteiger partial charge is 0.407 e. The largest absolute Gasteiger partial charge is 0.461 e. The fourth-order valence-corrected chi connectivity index (χ4v) is 10.2. The fraction of sp³-hybridized carbons (Fsp3) is 0.500. The predicted octanol–water partition coefficient (Wildman–Crippen LogP) is 1.57. The number of alkyl carbamates (subject to hydrolysis) is 1. The Morgan fingerprint density at radius 3 is 2.53 bits per heavy atom. The summed E-state index contributed by atoms with van der Waals surface area (Å²) in [6.45, 7) is 2.86. The number of aliphatic hydroxyl groups excluding tert-OH is 4. The number of hydrogen-bond acceptors (Lipinski definition) is 17. The molecule has 3 aliphatic heterocycles. The maximum atomic E-state index is 15.4. The molecule has 1 saturated heterocycles. The third kappa shape index (κ3) is 11.8. The number of nitrogens with one attached hydrogen (secondary N) is 4. The second kappa shape index (κ2) is 24.1. The number of halogens is 1. The zero-order chi connectivity index (χ0) is 55.3. The molecule has 1 fully saturated rings. The molecule has 2 aromatic heterocycles. The van der Waals surface area contributed by atoms with Crippen LogP contribution in [0.15, 0.2) is 35.1 Å². The number of fused-ring (bicyclic) bond motifs is 5. The lowest BCUT2D eigenvalue weighted by Crippen LogP contribution is -2.60. The van der Waals surface area contributed by atoms with Gasteiger partial charge in [-0.1, -0.05) is 25.8 Å². The van der Waals surface area contributed by atoms with Gasteiger partial charge in [-0.05, 0) is 86.4 Å². The highest BCUT2D eigenvalue weighted by molar-refractivity contribution is 5.97. The van der Waals surface area contributed by atoms with Gasteiger partial charge in [0.15, 0.2) is 5.60 Å². The van der Waals surface area contributed by atoms with E-state index in [1.807, 2.05) is 6.92 Å². The van der Waals surface area contributed by atoms with Crippen LogP contribution in [0.4, 0.5) is 9.18 Å². The lowest BCUT2D eigenvalue weighted by atomic mass is 9.81. The van der Waals surface area contributed by atoms with Crippen molar-refractivity contribution in [3.8, 4) is 29.5 Å². The first kappa shape index (κ1) is 56.2. The highest BCUT2D eigenvalue weighted by Gasteiger charge is 2.47. The summed E-state index contributed by atoms with van der Waals surface area (Å²) in [4.78, 5) is 84.5. The molecule has 4 aliphatic rings. The monoisotopic (exact) mass is 1070 g/mol. The molecular formula is C54H63FN6O16. The lowest BCUT2D eigenvalue weighted by molar-refractivity contribution is -0.277. The van der Waals surface area contributed by atoms with Crippen LogP contribution in [0.1, 0.15) is 114 Å². The van der Waals surface area contributed by atoms with Gasteiger partial charge in [-0.25, -0.2) is 19.0 Å². The number of rotatable bonds is 21. The first-order chi connectivity index (χ1) is 36.9. The highest BCUT2D eigenvalue weighted by atomic mass is 19.1. The van der Waals surface area contributed by atoms with E-state index >= 15 is 4.39 Å². The molecule has 4 aromatic rings. The van der Waals surface area contributed by atoms with Crippen LogP contribution in [0.5, 0.6) is 5.75 Å². The fourth-order valence-electron chi connectivity index (χ4n) is 10.2. The summed E-state index contributed by atoms with van der Waals surface area (Å²) < 4.78 is 44.5. The van der Waals surface area contributed by atoms with Gasteiger partial charge in [0.05, 0.1) is 53.3 Å². The Morgan fingerprint density at radius 2 is 1.78 bits per heavy atom. The summed E-state index contributed by atoms with van der Waals surface area (Å²) >= 11 is 0. The van der Waals surface area contributed by atoms with Gasteiger partial charge >= 0.3 is 12.1 Å². The van der Waals surface area contributed by atoms with Crippen LogP contribution < -0.4 is 31.6 Å². The van der Waals surface area contributed by atoms with Crippen molar-refractivity contribution in [2.45, 2.75) is 140 Å². The van der Waals surface area contributed by atoms with Gasteiger partial charge in [0.2, 0.25) is 18.1 Å². The molecular weight excluding hydrogens is 1010 g/mol. The summed E-state index contributed by atoms with van der Waals surface area (Å²) in [7, 11) is 0. The molecule has 0 bridgehead atoms. The van der Waals surface area contributed by atoms with E-state index in [-0.39, 0.29) is 78.9 Å². The van der Waals surface area contributed by atoms with Crippen molar-refractivity contribution in [3.05, 3.63) is 91.0 Å². The zero-order valence-electron chi connectivity index (χ0n) is 42.8. The Hall–Kier alpha value is -7.04. The Bertz CT molecular complexity index is 3050. The molecule has 5 heterocycles. The highest BCUT2D eigenvalue weighted by Crippen LogP contribution is 2.46. The molecule has 8 atom stereocenters. The van der Waals surface area contributed by atoms with Gasteiger partial charge in [-0.2, -0.15) is 0 Å². The third-order valence-corrected chi connectivity index (χ3v) is 14.5. The second-order valence-corrected chi connectivity index (χ2v) is 19.6. The van der Waals surface area contributed by atoms with Crippen molar-refractivity contribution in [3.63, 3.8) is 0 Å². The Balaban J connectivity index is 0.919. The summed E-state index contributed by atoms with van der Waals surface area (Å²) in [6.07, 6.45) is 0.780. The number of esters is 1. The Labute approximate surface area is 441 Å². The van der Waals surface area contributed by atoms with E-state index < -0.39 is 103 Å². The Morgan fingerprint density at radius 1 is 1.00 bits per heavy atom. The number of cyclic esters (lactones) is 1. The van der Waals surface area contributed by atoms with Crippen LogP contribution in [0.2, 0.25) is 0 Å². The van der Waals surface area contributed by atoms with E-state index in [2.05, 4.69) is 27.2 Å². The number of pyridine rings is 2. The molecule has 77 heavy (non-hydrogen) atoms. The van der Waals surface area contributed by atoms with Crippen molar-refractivity contribution in [1.29, 1.82) is 0 Å². The van der Waals surface area contributed by atoms with Crippen molar-refractivity contribution in [1.82, 2.24) is 30.8 Å². The van der Waals surface area contributed by atoms with E-state index in [4.69, 9.17) is 35.1 Å². The standard InChI is InChI=1S/C54H63FN6O16/c1-5-7-8-9-10-11-27(3)73-26-42(64)56-16-17-57-49(68)31-18-29(12-15-39(31)76-51-48(67)47(66)46(65)40(23-62)77-51)24-75-53(71)58-21-41(63)59-36-14-13-30-28(4)35(55)20-37-43(30)44(36)32-22-61-38(45(32)60-37)19-34-33(50(61)69)25-74-52(70)54(34,72)6-2/h1,12,15,18-20,27,36,40,46-48,51,62,65-67,72H,6-11,13-14,16-17,21-26H2,2-4H3,(H,56,64)(H,57,68)(H,58,71)(H,59,63)/t27?,36-,40+,46+,47-,48+,51+,54-/m0/s1. The van der Waals surface area contributed by atoms with E-state index in [1.54, 1.807) is 19.9 Å². The van der Waals surface area contributed by atoms with Gasteiger partial charge in [-0.3, -0.25) is 19.2 Å². The van der Waals surface area contributed by atoms with Crippen LogP contribution in [0, 0.1) is 25.1 Å². The van der Waals surface area contributed by atoms with Crippen LogP contribution >= 0.6 is 0 Å². The quantitative estimate of drug-likeness (QED) is 0.0286. The first-order valence-electron chi connectivity index (χ1n) is 25.6. The number of nitrogens with zero attached hydrogens (tertiary/aromatic N) is 2. The second-order valence-electron chi connectivity index (χ2n) is 19.6. The average Bonchev–Trinajstić information content (AvgIpc) is 3.90. The van der Waals surface area contributed by atoms with Gasteiger partial charge in [0.1, 0.15) is 62.3 Å². The molecule has 22 nitrogen and oxygen atoms in total. The molecule has 0 saturated carbocycles. The van der Waals surface area contributed by atoms with Crippen LogP contribution in [-0.4, -0.2) is 135 Å². The minimum Gasteiger partial charge on any atom is -0.461 e. The van der Waals surface area contributed by atoms with Crippen molar-refractivity contribution in [2.75, 3.05) is 32.8 Å². The minimum absolute atomic E-state index is 0.0130. The van der Waals surface area contributed by atoms with Gasteiger partial charge in [0.25, 0.3) is 11.5 Å². The number of carbonyl (C=O) groups excluding carboxylic acids is 5. The predicted molar refractivity (Wildman–Crippen MR) is 270 cm³/mol. The van der Waals surface area contributed by atoms with Gasteiger partial charge in [-0.15, -0.1) is 12.3 Å². The molecule has 0 spiro atoms. The normalized spacial score (nSPS) is 22.4. The van der Waals surface area contributed by atoms with Crippen LogP contribution in [-0.2, 0) is 65.1 Å². The summed E-state index contributed by atoms with van der Waals surface area (Å²) in [6, 6.07) is 6.21. The number of benzene rings is 2. The molecule has 9 N–H and O–H groups in total. The van der Waals surface area contributed by atoms with Crippen molar-refractivity contribution in [2.24, 2.45) is 0 Å². The molecule has 1 aliphatic carbocycles. The summed E-state index contributed by atoms with van der Waals surface area (Å²) in [5.74, 6) is -0.685. The van der Waals surface area contributed by atoms with E-state index in [9.17, 15) is 54.3 Å². The average molecular weight is 1070 g/mol. The van der Waals surface area contributed by atoms with Gasteiger partial charge < -0.3 is 75.1 Å². The van der Waals surface area contributed by atoms with Crippen LogP contribution in [0.3, 0.4) is 0 Å². The lowest BCUT2D eigenvalue weighted by Gasteiger charge is -2.39. The number of aromatic nitrogens is 2. The number of ether oxygens (including phenoxy) is 5. The number of terminal acetylenes is 1. The number of aliphatic hydroxyl groups is 5. The SMILES string of the molecule is C#CCCCCCC(C)OCC(=O)NCCNC(=O)c1cc(COC(=O)NCC(=O)N[C@H]2CCc3c(C)c(F)cc4nc5c(c2c34)Cn2c-5cc3c(c2=O)COC(=O)[C@]3(O)CC)ccc1O[C@@H]1O[C@H](CO)[C@@H](O)[C@H](O)[C@H]1O.